The number of hydrogen-bond donors (Lipinski definition) is 2. The van der Waals surface area contributed by atoms with Crippen molar-refractivity contribution in [3.8, 4) is 0 Å². The predicted molar refractivity (Wildman–Crippen MR) is 51.9 cm³/mol. The van der Waals surface area contributed by atoms with E-state index in [-0.39, 0.29) is 18.4 Å². The molecule has 1 heterocycles. The van der Waals surface area contributed by atoms with Gasteiger partial charge in [0, 0.05) is 25.2 Å². The van der Waals surface area contributed by atoms with Crippen LogP contribution >= 0.6 is 0 Å². The Morgan fingerprint density at radius 3 is 2.79 bits per heavy atom. The lowest BCUT2D eigenvalue weighted by Gasteiger charge is -2.16. The maximum Gasteiger partial charge on any atom is 0.304 e. The van der Waals surface area contributed by atoms with Crippen molar-refractivity contribution in [1.82, 2.24) is 9.78 Å². The maximum atomic E-state index is 10.6. The lowest BCUT2D eigenvalue weighted by atomic mass is 9.92. The molecule has 3 N–H and O–H groups in total. The number of nitrogens with zero attached hydrogens (tertiary/aromatic N) is 2. The van der Waals surface area contributed by atoms with Gasteiger partial charge in [-0.05, 0) is 12.5 Å². The summed E-state index contributed by atoms with van der Waals surface area (Å²) >= 11 is 0. The molecule has 0 aliphatic rings. The third-order valence-electron chi connectivity index (χ3n) is 2.18. The Labute approximate surface area is 82.5 Å². The van der Waals surface area contributed by atoms with Crippen LogP contribution in [0.3, 0.4) is 0 Å². The van der Waals surface area contributed by atoms with Gasteiger partial charge in [-0.25, -0.2) is 0 Å². The predicted octanol–water partition coefficient (Wildman–Crippen LogP) is 0.326. The van der Waals surface area contributed by atoms with E-state index in [2.05, 4.69) is 5.10 Å². The summed E-state index contributed by atoms with van der Waals surface area (Å²) in [6, 6.07) is -0.185. The molecular formula is C9H15N3O2. The number of nitrogens with two attached hydrogens (primary N) is 1. The van der Waals surface area contributed by atoms with Gasteiger partial charge in [0.25, 0.3) is 0 Å². The Hall–Kier alpha value is -1.36. The van der Waals surface area contributed by atoms with Crippen LogP contribution in [0.5, 0.6) is 0 Å². The van der Waals surface area contributed by atoms with Crippen molar-refractivity contribution in [3.63, 3.8) is 0 Å². The van der Waals surface area contributed by atoms with Crippen molar-refractivity contribution in [2.24, 2.45) is 12.8 Å². The molecule has 0 saturated heterocycles. The van der Waals surface area contributed by atoms with Gasteiger partial charge in [0.15, 0.2) is 0 Å². The molecule has 0 spiro atoms. The van der Waals surface area contributed by atoms with Gasteiger partial charge in [0.1, 0.15) is 0 Å². The fourth-order valence-electron chi connectivity index (χ4n) is 1.43. The normalized spacial score (nSPS) is 15.1. The summed E-state index contributed by atoms with van der Waals surface area (Å²) in [6.07, 6.45) is 3.51. The Kier molecular flexibility index (Phi) is 3.24. The molecule has 1 rings (SSSR count). The van der Waals surface area contributed by atoms with Gasteiger partial charge in [-0.2, -0.15) is 5.10 Å². The highest BCUT2D eigenvalue weighted by Crippen LogP contribution is 2.21. The molecule has 0 aliphatic heterocycles. The van der Waals surface area contributed by atoms with Crippen LogP contribution in [-0.2, 0) is 11.8 Å². The van der Waals surface area contributed by atoms with Crippen LogP contribution in [-0.4, -0.2) is 26.9 Å². The molecule has 2 unspecified atom stereocenters. The molecule has 0 aromatic carbocycles. The first kappa shape index (κ1) is 10.7. The highest BCUT2D eigenvalue weighted by molar-refractivity contribution is 5.68. The van der Waals surface area contributed by atoms with E-state index >= 15 is 0 Å². The van der Waals surface area contributed by atoms with Crippen LogP contribution in [0.4, 0.5) is 0 Å². The summed E-state index contributed by atoms with van der Waals surface area (Å²) in [7, 11) is 1.79. The molecule has 1 aromatic heterocycles. The highest BCUT2D eigenvalue weighted by atomic mass is 16.4. The second-order valence-electron chi connectivity index (χ2n) is 3.51. The molecule has 0 radical (unpaired) electrons. The molecule has 0 bridgehead atoms. The van der Waals surface area contributed by atoms with Crippen LogP contribution in [0.25, 0.3) is 0 Å². The molecule has 2 atom stereocenters. The minimum absolute atomic E-state index is 0.0450. The Balaban J connectivity index is 2.82. The van der Waals surface area contributed by atoms with Gasteiger partial charge in [0.05, 0.1) is 12.6 Å². The Morgan fingerprint density at radius 2 is 2.43 bits per heavy atom. The molecule has 14 heavy (non-hydrogen) atoms. The first-order chi connectivity index (χ1) is 6.50. The number of carboxylic acid groups (broad SMARTS) is 1. The van der Waals surface area contributed by atoms with Crippen molar-refractivity contribution < 1.29 is 9.90 Å². The van der Waals surface area contributed by atoms with Crippen molar-refractivity contribution in [1.29, 1.82) is 0 Å². The Bertz CT molecular complexity index is 320. The van der Waals surface area contributed by atoms with Crippen molar-refractivity contribution in [3.05, 3.63) is 18.0 Å². The number of carbonyl (C=O) groups is 1. The van der Waals surface area contributed by atoms with Crippen LogP contribution in [0, 0.1) is 0 Å². The van der Waals surface area contributed by atoms with E-state index in [1.54, 1.807) is 31.0 Å². The standard InChI is InChI=1S/C9H15N3O2/c1-6(10)8(3-9(13)14)7-4-11-12(2)5-7/h4-6,8H,3,10H2,1-2H3,(H,13,14). The lowest BCUT2D eigenvalue weighted by molar-refractivity contribution is -0.137. The van der Waals surface area contributed by atoms with E-state index in [0.717, 1.165) is 5.56 Å². The van der Waals surface area contributed by atoms with Crippen LogP contribution in [0.15, 0.2) is 12.4 Å². The summed E-state index contributed by atoms with van der Waals surface area (Å²) in [5.74, 6) is -1.00. The van der Waals surface area contributed by atoms with E-state index in [9.17, 15) is 4.79 Å². The first-order valence-electron chi connectivity index (χ1n) is 4.46. The number of rotatable bonds is 4. The zero-order valence-corrected chi connectivity index (χ0v) is 8.34. The smallest absolute Gasteiger partial charge is 0.304 e. The van der Waals surface area contributed by atoms with Gasteiger partial charge in [-0.1, -0.05) is 0 Å². The number of aliphatic carboxylic acids is 1. The topological polar surface area (TPSA) is 81.1 Å². The number of carboxylic acids is 1. The monoisotopic (exact) mass is 197 g/mol. The van der Waals surface area contributed by atoms with E-state index in [1.165, 1.54) is 0 Å². The average molecular weight is 197 g/mol. The molecule has 0 fully saturated rings. The zero-order chi connectivity index (χ0) is 10.7. The van der Waals surface area contributed by atoms with Crippen LogP contribution < -0.4 is 5.73 Å². The van der Waals surface area contributed by atoms with Crippen LogP contribution in [0.2, 0.25) is 0 Å². The number of aromatic nitrogens is 2. The quantitative estimate of drug-likeness (QED) is 0.728. The van der Waals surface area contributed by atoms with E-state index < -0.39 is 5.97 Å². The number of aryl methyl sites for hydroxylation is 1. The van der Waals surface area contributed by atoms with Crippen molar-refractivity contribution in [2.45, 2.75) is 25.3 Å². The minimum Gasteiger partial charge on any atom is -0.481 e. The molecule has 0 amide bonds. The highest BCUT2D eigenvalue weighted by Gasteiger charge is 2.20. The largest absolute Gasteiger partial charge is 0.481 e. The van der Waals surface area contributed by atoms with E-state index in [4.69, 9.17) is 10.8 Å². The lowest BCUT2D eigenvalue weighted by Crippen LogP contribution is -2.26. The summed E-state index contributed by atoms with van der Waals surface area (Å²) in [6.45, 7) is 1.81. The molecule has 78 valence electrons. The second kappa shape index (κ2) is 4.23. The first-order valence-corrected chi connectivity index (χ1v) is 4.46. The van der Waals surface area contributed by atoms with Crippen LogP contribution in [0.1, 0.15) is 24.8 Å². The summed E-state index contributed by atoms with van der Waals surface area (Å²) < 4.78 is 1.65. The van der Waals surface area contributed by atoms with Crippen molar-refractivity contribution >= 4 is 5.97 Å². The van der Waals surface area contributed by atoms with Gasteiger partial charge in [-0.3, -0.25) is 9.48 Å². The molecular weight excluding hydrogens is 182 g/mol. The SMILES string of the molecule is CC(N)C(CC(=O)O)c1cnn(C)c1. The minimum atomic E-state index is -0.837. The fourth-order valence-corrected chi connectivity index (χ4v) is 1.43. The molecule has 5 nitrogen and oxygen atoms in total. The van der Waals surface area contributed by atoms with Gasteiger partial charge in [0.2, 0.25) is 0 Å². The summed E-state index contributed by atoms with van der Waals surface area (Å²) in [4.78, 5) is 10.6. The summed E-state index contributed by atoms with van der Waals surface area (Å²) in [5, 5.41) is 12.7. The number of hydrogen-bond acceptors (Lipinski definition) is 3. The molecule has 5 heteroatoms. The zero-order valence-electron chi connectivity index (χ0n) is 8.34. The third kappa shape index (κ3) is 2.56. The van der Waals surface area contributed by atoms with Crippen molar-refractivity contribution in [2.75, 3.05) is 0 Å². The van der Waals surface area contributed by atoms with E-state index in [0.29, 0.717) is 0 Å². The fraction of sp³-hybridized carbons (Fsp3) is 0.556. The van der Waals surface area contributed by atoms with Gasteiger partial charge < -0.3 is 10.8 Å². The molecule has 0 saturated carbocycles. The molecule has 0 aliphatic carbocycles. The molecule has 1 aromatic rings. The average Bonchev–Trinajstić information content (AvgIpc) is 2.46. The third-order valence-corrected chi connectivity index (χ3v) is 2.18. The second-order valence-corrected chi connectivity index (χ2v) is 3.51. The summed E-state index contributed by atoms with van der Waals surface area (Å²) in [5.41, 5.74) is 6.61. The maximum absolute atomic E-state index is 10.6. The van der Waals surface area contributed by atoms with Gasteiger partial charge >= 0.3 is 5.97 Å². The van der Waals surface area contributed by atoms with Gasteiger partial charge in [-0.15, -0.1) is 0 Å². The van der Waals surface area contributed by atoms with E-state index in [1.807, 2.05) is 0 Å². The Morgan fingerprint density at radius 1 is 1.79 bits per heavy atom.